The Morgan fingerprint density at radius 3 is 1.95 bits per heavy atom. The Hall–Kier alpha value is -8.06. The highest BCUT2D eigenvalue weighted by molar-refractivity contribution is 7.26. The molecule has 0 aliphatic rings. The van der Waals surface area contributed by atoms with E-state index in [2.05, 4.69) is 77.8 Å². The van der Waals surface area contributed by atoms with Crippen molar-refractivity contribution in [1.82, 2.24) is 24.5 Å². The number of fused-ring (bicyclic) bond motifs is 6. The van der Waals surface area contributed by atoms with Gasteiger partial charge >= 0.3 is 0 Å². The van der Waals surface area contributed by atoms with E-state index in [4.69, 9.17) is 23.2 Å². The van der Waals surface area contributed by atoms with Crippen molar-refractivity contribution in [1.29, 1.82) is 0 Å². The van der Waals surface area contributed by atoms with E-state index in [0.717, 1.165) is 38.9 Å². The summed E-state index contributed by atoms with van der Waals surface area (Å²) in [5.41, 5.74) is 8.96. The van der Waals surface area contributed by atoms with Gasteiger partial charge in [0.1, 0.15) is 0 Å². The van der Waals surface area contributed by atoms with E-state index >= 15 is 0 Å². The maximum Gasteiger partial charge on any atom is 0.166 e. The van der Waals surface area contributed by atoms with Gasteiger partial charge in [0.05, 0.1) is 26.3 Å². The number of pyridine rings is 1. The third-order valence-corrected chi connectivity index (χ3v) is 12.5. The van der Waals surface area contributed by atoms with Crippen molar-refractivity contribution in [3.05, 3.63) is 212 Å². The van der Waals surface area contributed by atoms with E-state index in [1.165, 1.54) is 31.8 Å². The van der Waals surface area contributed by atoms with Crippen LogP contribution in [0.15, 0.2) is 212 Å². The largest absolute Gasteiger partial charge is 0.309 e. The third-order valence-electron chi connectivity index (χ3n) is 11.3. The summed E-state index contributed by atoms with van der Waals surface area (Å²) < 4.78 is 66.1. The van der Waals surface area contributed by atoms with E-state index in [9.17, 15) is 1.37 Å². The number of thiophene rings is 1. The first-order chi connectivity index (χ1) is 33.6. The fourth-order valence-electron chi connectivity index (χ4n) is 8.33. The molecular formula is C56H35N5S. The van der Waals surface area contributed by atoms with Gasteiger partial charge in [-0.3, -0.25) is 4.98 Å². The van der Waals surface area contributed by atoms with E-state index in [1.807, 2.05) is 72.9 Å². The predicted octanol–water partition coefficient (Wildman–Crippen LogP) is 14.7. The van der Waals surface area contributed by atoms with Crippen LogP contribution in [0.3, 0.4) is 0 Å². The summed E-state index contributed by atoms with van der Waals surface area (Å²) >= 11 is 1.77. The average molecular weight is 817 g/mol. The van der Waals surface area contributed by atoms with Gasteiger partial charge in [0.25, 0.3) is 0 Å². The second-order valence-corrected chi connectivity index (χ2v) is 16.0. The van der Waals surface area contributed by atoms with E-state index in [0.29, 0.717) is 22.9 Å². The molecular weight excluding hydrogens is 775 g/mol. The number of nitrogens with zero attached hydrogens (tertiary/aromatic N) is 5. The Kier molecular flexibility index (Phi) is 7.01. The zero-order valence-corrected chi connectivity index (χ0v) is 33.6. The van der Waals surface area contributed by atoms with Crippen LogP contribution in [0, 0.1) is 0 Å². The highest BCUT2D eigenvalue weighted by atomic mass is 32.1. The van der Waals surface area contributed by atoms with Crippen molar-refractivity contribution in [3.8, 4) is 73.2 Å². The summed E-state index contributed by atoms with van der Waals surface area (Å²) in [7, 11) is 0. The van der Waals surface area contributed by atoms with Gasteiger partial charge in [0.15, 0.2) is 17.5 Å². The molecule has 4 heterocycles. The predicted molar refractivity (Wildman–Crippen MR) is 257 cm³/mol. The van der Waals surface area contributed by atoms with Crippen molar-refractivity contribution in [2.75, 3.05) is 0 Å². The molecule has 0 N–H and O–H groups in total. The number of aromatic nitrogens is 5. The molecule has 5 nitrogen and oxygen atoms in total. The molecule has 0 spiro atoms. The minimum Gasteiger partial charge on any atom is -0.309 e. The Morgan fingerprint density at radius 1 is 0.419 bits per heavy atom. The van der Waals surface area contributed by atoms with E-state index in [-0.39, 0.29) is 57.8 Å². The van der Waals surface area contributed by atoms with Crippen LogP contribution in [0.1, 0.15) is 9.60 Å². The fraction of sp³-hybridized carbons (Fsp3) is 0. The van der Waals surface area contributed by atoms with Crippen LogP contribution in [0.4, 0.5) is 0 Å². The van der Waals surface area contributed by atoms with Gasteiger partial charge in [-0.05, 0) is 81.9 Å². The molecule has 0 saturated heterocycles. The molecule has 0 bridgehead atoms. The lowest BCUT2D eigenvalue weighted by atomic mass is 9.99. The first kappa shape index (κ1) is 29.2. The van der Waals surface area contributed by atoms with Gasteiger partial charge in [0, 0.05) is 60.0 Å². The van der Waals surface area contributed by atoms with E-state index in [1.54, 1.807) is 34.2 Å². The number of para-hydroxylation sites is 3. The monoisotopic (exact) mass is 816 g/mol. The summed E-state index contributed by atoms with van der Waals surface area (Å²) in [4.78, 5) is 19.7. The average Bonchev–Trinajstić information content (AvgIpc) is 3.97. The third kappa shape index (κ3) is 6.16. The van der Waals surface area contributed by atoms with Gasteiger partial charge in [-0.15, -0.1) is 11.3 Å². The van der Waals surface area contributed by atoms with Crippen LogP contribution in [0.25, 0.3) is 115 Å². The molecule has 12 rings (SSSR count). The lowest BCUT2D eigenvalue weighted by Gasteiger charge is -2.15. The normalized spacial score (nSPS) is 13.1. The lowest BCUT2D eigenvalue weighted by molar-refractivity contribution is 1.06. The molecule has 62 heavy (non-hydrogen) atoms. The fourth-order valence-corrected chi connectivity index (χ4v) is 9.55. The number of rotatable bonds is 7. The maximum atomic E-state index is 9.18. The molecule has 0 aliphatic heterocycles. The smallest absolute Gasteiger partial charge is 0.166 e. The molecule has 0 saturated carbocycles. The van der Waals surface area contributed by atoms with Gasteiger partial charge < -0.3 is 4.57 Å². The molecule has 0 atom stereocenters. The molecule has 0 fully saturated rings. The second-order valence-electron chi connectivity index (χ2n) is 14.9. The Morgan fingerprint density at radius 2 is 1.08 bits per heavy atom. The summed E-state index contributed by atoms with van der Waals surface area (Å²) in [5.74, 6) is 1.07. The van der Waals surface area contributed by atoms with Crippen molar-refractivity contribution >= 4 is 53.3 Å². The van der Waals surface area contributed by atoms with Crippen molar-refractivity contribution < 1.29 is 9.60 Å². The first-order valence-electron chi connectivity index (χ1n) is 23.6. The topological polar surface area (TPSA) is 56.5 Å². The SMILES string of the molecule is [2H]c1cc([2H])c2c(c1[2H])c1c([2H])c([2H])c([2H])c([2H])c1n2-c1ccccc1-c1nc(-c2ccc(-c3cccnc3)cc2)nc(-c2cccc(-c3cccc4c3sc3ccc(-c5ccccc5)cc34)c2)n1. The molecule has 0 unspecified atom stereocenters. The number of benzene rings is 8. The molecule has 0 aliphatic carbocycles. The molecule has 0 amide bonds. The highest BCUT2D eigenvalue weighted by Crippen LogP contribution is 2.42. The standard InChI is InChI=1S/C56H35N5S/c1-2-13-36(14-3-1)39-30-31-52-48(34-39)46-22-11-21-43(53(46)62-52)40-15-10-16-41(33-40)55-58-54(38-28-26-37(27-29-38)42-17-12-32-57-35-42)59-56(60-55)47-20-6-9-25-51(47)61-49-23-7-4-18-44(49)45-19-5-8-24-50(45)61/h1-35H/i4D,5D,7D,18D,19D,23D,24D. The molecule has 290 valence electrons. The molecule has 0 radical (unpaired) electrons. The van der Waals surface area contributed by atoms with E-state index < -0.39 is 12.1 Å². The summed E-state index contributed by atoms with van der Waals surface area (Å²) in [5, 5.41) is 2.53. The summed E-state index contributed by atoms with van der Waals surface area (Å²) in [6, 6.07) is 49.8. The molecule has 8 aromatic carbocycles. The Labute approximate surface area is 371 Å². The Bertz CT molecular complexity index is 4050. The second kappa shape index (κ2) is 14.9. The van der Waals surface area contributed by atoms with Crippen LogP contribution in [0.2, 0.25) is 0 Å². The van der Waals surface area contributed by atoms with Gasteiger partial charge in [-0.1, -0.05) is 152 Å². The van der Waals surface area contributed by atoms with Gasteiger partial charge in [-0.25, -0.2) is 15.0 Å². The molecule has 4 aromatic heterocycles. The first-order valence-corrected chi connectivity index (χ1v) is 20.9. The summed E-state index contributed by atoms with van der Waals surface area (Å²) in [6.45, 7) is 0. The molecule has 12 aromatic rings. The zero-order valence-electron chi connectivity index (χ0n) is 39.8. The van der Waals surface area contributed by atoms with Crippen LogP contribution >= 0.6 is 11.3 Å². The quantitative estimate of drug-likeness (QED) is 0.161. The number of hydrogen-bond acceptors (Lipinski definition) is 5. The maximum absolute atomic E-state index is 9.18. The van der Waals surface area contributed by atoms with Crippen molar-refractivity contribution in [3.63, 3.8) is 0 Å². The van der Waals surface area contributed by atoms with Crippen molar-refractivity contribution in [2.24, 2.45) is 0 Å². The minimum atomic E-state index is -0.467. The minimum absolute atomic E-state index is 0.0613. The highest BCUT2D eigenvalue weighted by Gasteiger charge is 2.20. The van der Waals surface area contributed by atoms with Crippen LogP contribution in [-0.4, -0.2) is 24.5 Å². The number of hydrogen-bond donors (Lipinski definition) is 0. The van der Waals surface area contributed by atoms with Crippen LogP contribution in [0.5, 0.6) is 0 Å². The van der Waals surface area contributed by atoms with Crippen LogP contribution in [-0.2, 0) is 0 Å². The van der Waals surface area contributed by atoms with Crippen LogP contribution < -0.4 is 0 Å². The van der Waals surface area contributed by atoms with Crippen molar-refractivity contribution in [2.45, 2.75) is 0 Å². The lowest BCUT2D eigenvalue weighted by Crippen LogP contribution is -2.03. The summed E-state index contributed by atoms with van der Waals surface area (Å²) in [6.07, 6.45) is 3.55. The molecule has 6 heteroatoms. The Balaban J connectivity index is 1.06. The van der Waals surface area contributed by atoms with Gasteiger partial charge in [0.2, 0.25) is 0 Å². The van der Waals surface area contributed by atoms with Gasteiger partial charge in [-0.2, -0.15) is 0 Å². The zero-order chi connectivity index (χ0) is 47.1.